The van der Waals surface area contributed by atoms with Crippen molar-refractivity contribution in [1.82, 2.24) is 0 Å². The molecule has 0 heterocycles. The molecule has 2 nitrogen and oxygen atoms in total. The summed E-state index contributed by atoms with van der Waals surface area (Å²) in [6, 6.07) is 2.46. The van der Waals surface area contributed by atoms with E-state index in [1.54, 1.807) is 0 Å². The topological polar surface area (TPSA) is 29.5 Å². The van der Waals surface area contributed by atoms with Crippen LogP contribution < -0.4 is 0 Å². The Kier molecular flexibility index (Phi) is 5.25. The molecule has 102 valence electrons. The molecule has 0 aromatic heterocycles. The monoisotopic (exact) mass is 322 g/mol. The van der Waals surface area contributed by atoms with Gasteiger partial charge in [-0.05, 0) is 48.8 Å². The van der Waals surface area contributed by atoms with Crippen molar-refractivity contribution in [2.75, 3.05) is 6.61 Å². The average Bonchev–Trinajstić information content (AvgIpc) is 2.26. The van der Waals surface area contributed by atoms with E-state index in [1.165, 1.54) is 12.1 Å². The third-order valence-corrected chi connectivity index (χ3v) is 2.90. The van der Waals surface area contributed by atoms with Crippen LogP contribution in [0, 0.1) is 11.6 Å². The molecule has 1 rings (SSSR count). The molecule has 0 saturated heterocycles. The van der Waals surface area contributed by atoms with Gasteiger partial charge in [-0.15, -0.1) is 0 Å². The molecular formula is C13H17BrF2O2. The minimum absolute atomic E-state index is 0.0366. The number of aliphatic hydroxyl groups excluding tert-OH is 1. The van der Waals surface area contributed by atoms with Crippen LogP contribution in [-0.2, 0) is 11.2 Å². The molecule has 5 heteroatoms. The van der Waals surface area contributed by atoms with Gasteiger partial charge in [-0.25, -0.2) is 8.78 Å². The predicted molar refractivity (Wildman–Crippen MR) is 69.5 cm³/mol. The first kappa shape index (κ1) is 15.5. The van der Waals surface area contributed by atoms with Crippen molar-refractivity contribution < 1.29 is 18.6 Å². The molecule has 1 N–H and O–H groups in total. The Labute approximate surface area is 114 Å². The number of hydrogen-bond acceptors (Lipinski definition) is 2. The first-order valence-corrected chi connectivity index (χ1v) is 6.44. The van der Waals surface area contributed by atoms with Gasteiger partial charge in [0.2, 0.25) is 0 Å². The molecule has 0 amide bonds. The Hall–Kier alpha value is -0.520. The first-order chi connectivity index (χ1) is 8.20. The maximum atomic E-state index is 13.7. The van der Waals surface area contributed by atoms with Crippen LogP contribution in [0.5, 0.6) is 0 Å². The smallest absolute Gasteiger partial charge is 0.143 e. The Morgan fingerprint density at radius 3 is 2.50 bits per heavy atom. The molecule has 0 aliphatic carbocycles. The molecule has 1 aromatic carbocycles. The van der Waals surface area contributed by atoms with Crippen molar-refractivity contribution in [1.29, 1.82) is 0 Å². The number of halogens is 3. The van der Waals surface area contributed by atoms with Gasteiger partial charge in [0.05, 0.1) is 22.8 Å². The SMILES string of the molecule is CC(C)(C)OCC(O)Cc1c(F)ccc(Br)c1F. The van der Waals surface area contributed by atoms with Gasteiger partial charge in [0.15, 0.2) is 0 Å². The second-order valence-corrected chi connectivity index (χ2v) is 5.96. The number of aliphatic hydroxyl groups is 1. The highest BCUT2D eigenvalue weighted by atomic mass is 79.9. The molecule has 18 heavy (non-hydrogen) atoms. The lowest BCUT2D eigenvalue weighted by Crippen LogP contribution is -2.27. The highest BCUT2D eigenvalue weighted by Gasteiger charge is 2.18. The lowest BCUT2D eigenvalue weighted by Gasteiger charge is -2.22. The molecule has 0 aliphatic heterocycles. The third-order valence-electron chi connectivity index (χ3n) is 2.29. The van der Waals surface area contributed by atoms with Crippen molar-refractivity contribution in [3.8, 4) is 0 Å². The fourth-order valence-electron chi connectivity index (χ4n) is 1.40. The van der Waals surface area contributed by atoms with Gasteiger partial charge in [0.25, 0.3) is 0 Å². The Morgan fingerprint density at radius 1 is 1.33 bits per heavy atom. The maximum Gasteiger partial charge on any atom is 0.143 e. The van der Waals surface area contributed by atoms with Crippen LogP contribution in [0.1, 0.15) is 26.3 Å². The van der Waals surface area contributed by atoms with Gasteiger partial charge in [-0.3, -0.25) is 0 Å². The zero-order valence-corrected chi connectivity index (χ0v) is 12.2. The molecule has 0 bridgehead atoms. The summed E-state index contributed by atoms with van der Waals surface area (Å²) in [5, 5.41) is 9.73. The number of hydrogen-bond donors (Lipinski definition) is 1. The van der Waals surface area contributed by atoms with E-state index in [0.29, 0.717) is 0 Å². The van der Waals surface area contributed by atoms with Gasteiger partial charge in [-0.2, -0.15) is 0 Å². The summed E-state index contributed by atoms with van der Waals surface area (Å²) in [4.78, 5) is 0. The molecule has 0 aliphatic rings. The van der Waals surface area contributed by atoms with Crippen LogP contribution in [0.15, 0.2) is 16.6 Å². The summed E-state index contributed by atoms with van der Waals surface area (Å²) in [6.45, 7) is 5.58. The van der Waals surface area contributed by atoms with Gasteiger partial charge in [-0.1, -0.05) is 0 Å². The average molecular weight is 323 g/mol. The van der Waals surface area contributed by atoms with E-state index >= 15 is 0 Å². The first-order valence-electron chi connectivity index (χ1n) is 5.65. The largest absolute Gasteiger partial charge is 0.390 e. The molecule has 0 radical (unpaired) electrons. The molecule has 0 fully saturated rings. The van der Waals surface area contributed by atoms with Crippen LogP contribution in [-0.4, -0.2) is 23.4 Å². The zero-order chi connectivity index (χ0) is 13.9. The van der Waals surface area contributed by atoms with Crippen molar-refractivity contribution in [2.45, 2.75) is 38.9 Å². The number of ether oxygens (including phenoxy) is 1. The maximum absolute atomic E-state index is 13.7. The fourth-order valence-corrected chi connectivity index (χ4v) is 1.77. The van der Waals surface area contributed by atoms with E-state index in [4.69, 9.17) is 4.74 Å². The summed E-state index contributed by atoms with van der Waals surface area (Å²) in [5.41, 5.74) is -0.524. The summed E-state index contributed by atoms with van der Waals surface area (Å²) in [5.74, 6) is -1.34. The van der Waals surface area contributed by atoms with Crippen LogP contribution >= 0.6 is 15.9 Å². The Bertz CT molecular complexity index is 416. The van der Waals surface area contributed by atoms with Crippen LogP contribution in [0.2, 0.25) is 0 Å². The van der Waals surface area contributed by atoms with E-state index in [9.17, 15) is 13.9 Å². The van der Waals surface area contributed by atoms with E-state index in [2.05, 4.69) is 15.9 Å². The van der Waals surface area contributed by atoms with Crippen molar-refractivity contribution in [3.63, 3.8) is 0 Å². The predicted octanol–water partition coefficient (Wildman–Crippen LogP) is 3.45. The van der Waals surface area contributed by atoms with E-state index in [-0.39, 0.29) is 23.1 Å². The normalized spacial score (nSPS) is 13.7. The van der Waals surface area contributed by atoms with Gasteiger partial charge in [0.1, 0.15) is 11.6 Å². The lowest BCUT2D eigenvalue weighted by molar-refractivity contribution is -0.0485. The highest BCUT2D eigenvalue weighted by molar-refractivity contribution is 9.10. The van der Waals surface area contributed by atoms with Crippen LogP contribution in [0.4, 0.5) is 8.78 Å². The molecular weight excluding hydrogens is 306 g/mol. The Balaban J connectivity index is 2.70. The zero-order valence-electron chi connectivity index (χ0n) is 10.6. The minimum Gasteiger partial charge on any atom is -0.390 e. The third kappa shape index (κ3) is 4.63. The summed E-state index contributed by atoms with van der Waals surface area (Å²) < 4.78 is 32.7. The second kappa shape index (κ2) is 6.08. The highest BCUT2D eigenvalue weighted by Crippen LogP contribution is 2.23. The second-order valence-electron chi connectivity index (χ2n) is 5.10. The lowest BCUT2D eigenvalue weighted by atomic mass is 10.1. The number of rotatable bonds is 4. The van der Waals surface area contributed by atoms with Gasteiger partial charge in [0, 0.05) is 12.0 Å². The van der Waals surface area contributed by atoms with E-state index < -0.39 is 23.3 Å². The van der Waals surface area contributed by atoms with Crippen LogP contribution in [0.25, 0.3) is 0 Å². The molecule has 0 spiro atoms. The van der Waals surface area contributed by atoms with Crippen molar-refractivity contribution >= 4 is 15.9 Å². The Morgan fingerprint density at radius 2 is 1.94 bits per heavy atom. The van der Waals surface area contributed by atoms with Crippen molar-refractivity contribution in [2.24, 2.45) is 0 Å². The fraction of sp³-hybridized carbons (Fsp3) is 0.538. The molecule has 1 atom stereocenters. The van der Waals surface area contributed by atoms with Crippen molar-refractivity contribution in [3.05, 3.63) is 33.8 Å². The summed E-state index contributed by atoms with van der Waals surface area (Å²) in [7, 11) is 0. The molecule has 1 unspecified atom stereocenters. The van der Waals surface area contributed by atoms with Gasteiger partial charge < -0.3 is 9.84 Å². The van der Waals surface area contributed by atoms with Crippen LogP contribution in [0.3, 0.4) is 0 Å². The van der Waals surface area contributed by atoms with Gasteiger partial charge >= 0.3 is 0 Å². The number of benzene rings is 1. The summed E-state index contributed by atoms with van der Waals surface area (Å²) in [6.07, 6.45) is -1.06. The quantitative estimate of drug-likeness (QED) is 0.860. The minimum atomic E-state index is -0.942. The summed E-state index contributed by atoms with van der Waals surface area (Å²) >= 11 is 2.99. The molecule has 0 saturated carbocycles. The van der Waals surface area contributed by atoms with E-state index in [1.807, 2.05) is 20.8 Å². The molecule has 1 aromatic rings. The van der Waals surface area contributed by atoms with E-state index in [0.717, 1.165) is 0 Å². The standard InChI is InChI=1S/C13H17BrF2O2/c1-13(2,3)18-7-8(17)6-9-11(15)5-4-10(14)12(9)16/h4-5,8,17H,6-7H2,1-3H3.